The normalized spacial score (nSPS) is 11.3. The van der Waals surface area contributed by atoms with Gasteiger partial charge in [0.2, 0.25) is 0 Å². The fraction of sp³-hybridized carbons (Fsp3) is 1.00. The van der Waals surface area contributed by atoms with Gasteiger partial charge in [-0.15, -0.1) is 0 Å². The summed E-state index contributed by atoms with van der Waals surface area (Å²) < 4.78 is 0. The maximum atomic E-state index is 5.44. The average Bonchev–Trinajstić information content (AvgIpc) is 2.34. The Hall–Kier alpha value is -0.0800. The second-order valence-electron chi connectivity index (χ2n) is 5.90. The fourth-order valence-electron chi connectivity index (χ4n) is 2.22. The van der Waals surface area contributed by atoms with E-state index < -0.39 is 0 Å². The van der Waals surface area contributed by atoms with Crippen LogP contribution in [0.2, 0.25) is 0 Å². The van der Waals surface area contributed by atoms with E-state index in [4.69, 9.17) is 5.73 Å². The Morgan fingerprint density at radius 3 is 1.78 bits per heavy atom. The van der Waals surface area contributed by atoms with Gasteiger partial charge >= 0.3 is 0 Å². The van der Waals surface area contributed by atoms with Crippen molar-refractivity contribution in [3.8, 4) is 0 Å². The van der Waals surface area contributed by atoms with Crippen molar-refractivity contribution in [1.82, 2.24) is 5.32 Å². The summed E-state index contributed by atoms with van der Waals surface area (Å²) in [7, 11) is 0. The molecule has 2 heteroatoms. The summed E-state index contributed by atoms with van der Waals surface area (Å²) in [6, 6.07) is 0. The van der Waals surface area contributed by atoms with Crippen molar-refractivity contribution >= 4 is 0 Å². The van der Waals surface area contributed by atoms with Crippen LogP contribution in [0.4, 0.5) is 0 Å². The number of rotatable bonds is 14. The van der Waals surface area contributed by atoms with Crippen molar-refractivity contribution in [3.05, 3.63) is 0 Å². The van der Waals surface area contributed by atoms with Crippen molar-refractivity contribution in [2.45, 2.75) is 78.1 Å². The molecule has 18 heavy (non-hydrogen) atoms. The number of nitrogens with two attached hydrogens (primary N) is 1. The predicted octanol–water partition coefficient (Wildman–Crippen LogP) is 4.09. The summed E-state index contributed by atoms with van der Waals surface area (Å²) in [5, 5.41) is 3.44. The van der Waals surface area contributed by atoms with E-state index in [0.29, 0.717) is 0 Å². The van der Waals surface area contributed by atoms with Gasteiger partial charge in [-0.05, 0) is 38.4 Å². The van der Waals surface area contributed by atoms with E-state index >= 15 is 0 Å². The van der Waals surface area contributed by atoms with Gasteiger partial charge in [-0.2, -0.15) is 0 Å². The molecule has 0 aliphatic rings. The highest BCUT2D eigenvalue weighted by Crippen LogP contribution is 2.12. The molecule has 110 valence electrons. The standard InChI is InChI=1S/C16H36N2/c1-16(2)12-9-7-5-3-4-6-8-10-14-18-15-11-13-17/h16,18H,3-15,17H2,1-2H3. The van der Waals surface area contributed by atoms with Crippen LogP contribution in [0.15, 0.2) is 0 Å². The zero-order valence-electron chi connectivity index (χ0n) is 12.8. The van der Waals surface area contributed by atoms with Gasteiger partial charge in [0.15, 0.2) is 0 Å². The number of nitrogens with one attached hydrogen (secondary N) is 1. The highest BCUT2D eigenvalue weighted by Gasteiger charge is 1.95. The molecule has 0 atom stereocenters. The van der Waals surface area contributed by atoms with Gasteiger partial charge in [-0.1, -0.05) is 65.2 Å². The summed E-state index contributed by atoms with van der Waals surface area (Å²) in [5.74, 6) is 0.886. The number of unbranched alkanes of at least 4 members (excludes halogenated alkanes) is 7. The molecule has 0 bridgehead atoms. The minimum absolute atomic E-state index is 0.809. The summed E-state index contributed by atoms with van der Waals surface area (Å²) in [6.07, 6.45) is 13.9. The van der Waals surface area contributed by atoms with Gasteiger partial charge in [0.05, 0.1) is 0 Å². The van der Waals surface area contributed by atoms with Crippen LogP contribution in [0.1, 0.15) is 78.1 Å². The Morgan fingerprint density at radius 1 is 0.722 bits per heavy atom. The van der Waals surface area contributed by atoms with Gasteiger partial charge in [-0.25, -0.2) is 0 Å². The van der Waals surface area contributed by atoms with Crippen LogP contribution in [0.25, 0.3) is 0 Å². The molecule has 0 unspecified atom stereocenters. The van der Waals surface area contributed by atoms with E-state index in [9.17, 15) is 0 Å². The van der Waals surface area contributed by atoms with E-state index in [-0.39, 0.29) is 0 Å². The largest absolute Gasteiger partial charge is 0.330 e. The highest BCUT2D eigenvalue weighted by atomic mass is 14.8. The van der Waals surface area contributed by atoms with Gasteiger partial charge in [0.25, 0.3) is 0 Å². The molecular formula is C16H36N2. The highest BCUT2D eigenvalue weighted by molar-refractivity contribution is 4.52. The molecule has 0 aliphatic heterocycles. The molecule has 0 aromatic heterocycles. The van der Waals surface area contributed by atoms with Gasteiger partial charge in [-0.3, -0.25) is 0 Å². The number of hydrogen-bond acceptors (Lipinski definition) is 2. The van der Waals surface area contributed by atoms with Crippen LogP contribution in [0.3, 0.4) is 0 Å². The van der Waals surface area contributed by atoms with Crippen LogP contribution >= 0.6 is 0 Å². The van der Waals surface area contributed by atoms with E-state index in [1.807, 2.05) is 0 Å². The summed E-state index contributed by atoms with van der Waals surface area (Å²) in [6.45, 7) is 7.72. The lowest BCUT2D eigenvalue weighted by molar-refractivity contribution is 0.505. The summed E-state index contributed by atoms with van der Waals surface area (Å²) in [4.78, 5) is 0. The molecular weight excluding hydrogens is 220 g/mol. The molecule has 0 saturated carbocycles. The third kappa shape index (κ3) is 15.9. The molecule has 0 amide bonds. The zero-order chi connectivity index (χ0) is 13.5. The lowest BCUT2D eigenvalue weighted by atomic mass is 10.0. The molecule has 0 saturated heterocycles. The lowest BCUT2D eigenvalue weighted by Crippen LogP contribution is -2.19. The fourth-order valence-corrected chi connectivity index (χ4v) is 2.22. The molecule has 0 spiro atoms. The van der Waals surface area contributed by atoms with Gasteiger partial charge in [0.1, 0.15) is 0 Å². The average molecular weight is 256 g/mol. The molecule has 0 rings (SSSR count). The predicted molar refractivity (Wildman–Crippen MR) is 82.9 cm³/mol. The van der Waals surface area contributed by atoms with Crippen molar-refractivity contribution in [1.29, 1.82) is 0 Å². The first-order chi connectivity index (χ1) is 8.77. The minimum atomic E-state index is 0.809. The Labute approximate surface area is 115 Å². The third-order valence-corrected chi connectivity index (χ3v) is 3.44. The van der Waals surface area contributed by atoms with Gasteiger partial charge < -0.3 is 11.1 Å². The minimum Gasteiger partial charge on any atom is -0.330 e. The monoisotopic (exact) mass is 256 g/mol. The quantitative estimate of drug-likeness (QED) is 0.459. The lowest BCUT2D eigenvalue weighted by Gasteiger charge is -2.05. The second kappa shape index (κ2) is 15.0. The Morgan fingerprint density at radius 2 is 1.22 bits per heavy atom. The van der Waals surface area contributed by atoms with Crippen molar-refractivity contribution in [2.75, 3.05) is 19.6 Å². The molecule has 0 aliphatic carbocycles. The van der Waals surface area contributed by atoms with Crippen molar-refractivity contribution < 1.29 is 0 Å². The van der Waals surface area contributed by atoms with Crippen molar-refractivity contribution in [3.63, 3.8) is 0 Å². The molecule has 0 aromatic rings. The van der Waals surface area contributed by atoms with Crippen LogP contribution in [-0.2, 0) is 0 Å². The van der Waals surface area contributed by atoms with Crippen molar-refractivity contribution in [2.24, 2.45) is 11.7 Å². The molecule has 0 aromatic carbocycles. The van der Waals surface area contributed by atoms with E-state index in [0.717, 1.165) is 25.4 Å². The maximum absolute atomic E-state index is 5.44. The molecule has 2 nitrogen and oxygen atoms in total. The van der Waals surface area contributed by atoms with Crippen LogP contribution in [-0.4, -0.2) is 19.6 Å². The van der Waals surface area contributed by atoms with Crippen LogP contribution < -0.4 is 11.1 Å². The number of hydrogen-bond donors (Lipinski definition) is 2. The SMILES string of the molecule is CC(C)CCCCCCCCCCNCCCN. The van der Waals surface area contributed by atoms with E-state index in [1.165, 1.54) is 64.3 Å². The summed E-state index contributed by atoms with van der Waals surface area (Å²) in [5.41, 5.74) is 5.44. The molecule has 3 N–H and O–H groups in total. The Kier molecular flexibility index (Phi) is 14.9. The summed E-state index contributed by atoms with van der Waals surface area (Å²) >= 11 is 0. The first-order valence-electron chi connectivity index (χ1n) is 8.18. The van der Waals surface area contributed by atoms with E-state index in [2.05, 4.69) is 19.2 Å². The van der Waals surface area contributed by atoms with Crippen LogP contribution in [0.5, 0.6) is 0 Å². The molecule has 0 fully saturated rings. The third-order valence-electron chi connectivity index (χ3n) is 3.44. The topological polar surface area (TPSA) is 38.0 Å². The molecule has 0 heterocycles. The van der Waals surface area contributed by atoms with E-state index in [1.54, 1.807) is 0 Å². The Balaban J connectivity index is 2.90. The van der Waals surface area contributed by atoms with Crippen LogP contribution in [0, 0.1) is 5.92 Å². The maximum Gasteiger partial charge on any atom is -0.00369 e. The smallest absolute Gasteiger partial charge is 0.00369 e. The zero-order valence-corrected chi connectivity index (χ0v) is 12.8. The molecule has 0 radical (unpaired) electrons. The second-order valence-corrected chi connectivity index (χ2v) is 5.90. The Bertz CT molecular complexity index is 146. The first kappa shape index (κ1) is 17.9. The van der Waals surface area contributed by atoms with Gasteiger partial charge in [0, 0.05) is 0 Å². The first-order valence-corrected chi connectivity index (χ1v) is 8.18.